The third-order valence-electron chi connectivity index (χ3n) is 10.1. The smallest absolute Gasteiger partial charge is 0.418 e. The Kier molecular flexibility index (Phi) is 26.1. The van der Waals surface area contributed by atoms with Gasteiger partial charge in [0.1, 0.15) is 0 Å². The van der Waals surface area contributed by atoms with Gasteiger partial charge in [-0.05, 0) is 137 Å². The molecule has 1 radical (unpaired) electrons. The van der Waals surface area contributed by atoms with Crippen molar-refractivity contribution >= 4 is 23.1 Å². The van der Waals surface area contributed by atoms with E-state index in [1.54, 1.807) is 51.4 Å². The van der Waals surface area contributed by atoms with Crippen LogP contribution in [0, 0.1) is 0 Å². The van der Waals surface area contributed by atoms with Crippen LogP contribution in [0.15, 0.2) is 24.3 Å². The SMILES string of the molecule is C1=CCC/C=C\CC1.CC[C@H]1CC[C@H](CC)P1C1CCCC1.CC[C@H]1CC[C@H](CC)P1C1CCCC1.F[B-](F)(F)F.[Fe].[Rh]. The molecule has 0 N–H and O–H groups in total. The number of rotatable bonds is 6. The molecule has 0 aromatic carbocycles. The Balaban J connectivity index is 0.000000575. The fourth-order valence-electron chi connectivity index (χ4n) is 8.08. The molecule has 0 aromatic rings. The summed E-state index contributed by atoms with van der Waals surface area (Å²) in [6.45, 7) is 9.69. The zero-order chi connectivity index (χ0) is 30.1. The minimum Gasteiger partial charge on any atom is -0.418 e. The number of halogens is 4. The standard InChI is InChI=1S/2C13H25P.C8H12.BF4.Fe.Rh/c2*1-3-11-9-10-12(4-2)14(11)13-7-5-6-8-13;1-2-4-6-8-7-5-3-1;2-1(3,4)5;;/h2*11-13H,3-10H2,1-2H3;1-2,7-8H,3-6H2;;;/q;;;-1;;/b;;2-1-,8-7?;;;/t2*11-,12-;;;;/m00..../s1. The molecule has 2 aliphatic heterocycles. The molecule has 0 spiro atoms. The summed E-state index contributed by atoms with van der Waals surface area (Å²) in [5.74, 6) is 0. The van der Waals surface area contributed by atoms with Gasteiger partial charge in [-0.3, -0.25) is 0 Å². The van der Waals surface area contributed by atoms with Gasteiger partial charge < -0.3 is 17.3 Å². The van der Waals surface area contributed by atoms with Gasteiger partial charge in [0.25, 0.3) is 0 Å². The van der Waals surface area contributed by atoms with Gasteiger partial charge in [-0.2, -0.15) is 0 Å². The number of allylic oxidation sites excluding steroid dienone is 4. The minimum atomic E-state index is -6.00. The van der Waals surface area contributed by atoms with Crippen molar-refractivity contribution < 1.29 is 53.8 Å². The van der Waals surface area contributed by atoms with E-state index < -0.39 is 7.25 Å². The van der Waals surface area contributed by atoms with Crippen LogP contribution in [0.2, 0.25) is 0 Å². The quantitative estimate of drug-likeness (QED) is 0.109. The minimum absolute atomic E-state index is 0. The van der Waals surface area contributed by atoms with Gasteiger partial charge in [0.05, 0.1) is 0 Å². The Labute approximate surface area is 289 Å². The average Bonchev–Trinajstić information content (AvgIpc) is 3.73. The van der Waals surface area contributed by atoms with Crippen LogP contribution in [-0.4, -0.2) is 41.2 Å². The van der Waals surface area contributed by atoms with Crippen molar-refractivity contribution in [3.05, 3.63) is 24.3 Å². The summed E-state index contributed by atoms with van der Waals surface area (Å²) >= 11 is 0. The molecule has 5 aliphatic rings. The van der Waals surface area contributed by atoms with Gasteiger partial charge >= 0.3 is 7.25 Å². The van der Waals surface area contributed by atoms with Gasteiger partial charge in [-0.15, -0.1) is 0 Å². The Hall–Kier alpha value is 1.27. The molecule has 3 aliphatic carbocycles. The van der Waals surface area contributed by atoms with Crippen molar-refractivity contribution in [3.63, 3.8) is 0 Å². The van der Waals surface area contributed by atoms with E-state index in [1.807, 2.05) is 0 Å². The van der Waals surface area contributed by atoms with Gasteiger partial charge in [0, 0.05) is 36.5 Å². The molecule has 0 amide bonds. The molecule has 257 valence electrons. The summed E-state index contributed by atoms with van der Waals surface area (Å²) in [7, 11) is -5.15. The summed E-state index contributed by atoms with van der Waals surface area (Å²) < 4.78 is 39.0. The van der Waals surface area contributed by atoms with E-state index in [4.69, 9.17) is 0 Å². The first kappa shape index (κ1) is 44.3. The van der Waals surface area contributed by atoms with Crippen LogP contribution in [0.5, 0.6) is 0 Å². The van der Waals surface area contributed by atoms with E-state index >= 15 is 0 Å². The third kappa shape index (κ3) is 17.3. The van der Waals surface area contributed by atoms with Crippen molar-refractivity contribution in [1.82, 2.24) is 0 Å². The summed E-state index contributed by atoms with van der Waals surface area (Å²) in [6, 6.07) is 0. The molecule has 2 heterocycles. The third-order valence-corrected chi connectivity index (χ3v) is 18.6. The molecule has 4 atom stereocenters. The number of hydrogen-bond acceptors (Lipinski definition) is 0. The van der Waals surface area contributed by atoms with E-state index in [0.29, 0.717) is 15.8 Å². The summed E-state index contributed by atoms with van der Waals surface area (Å²) in [5.41, 5.74) is 6.97. The van der Waals surface area contributed by atoms with Crippen LogP contribution in [0.3, 0.4) is 0 Å². The van der Waals surface area contributed by atoms with Crippen LogP contribution in [0.1, 0.15) is 156 Å². The van der Waals surface area contributed by atoms with Gasteiger partial charge in [0.15, 0.2) is 0 Å². The predicted molar refractivity (Wildman–Crippen MR) is 180 cm³/mol. The molecule has 5 rings (SSSR count). The van der Waals surface area contributed by atoms with Gasteiger partial charge in [-0.1, -0.05) is 93.5 Å². The molecule has 43 heavy (non-hydrogen) atoms. The molecular weight excluding hydrogens is 716 g/mol. The van der Waals surface area contributed by atoms with Crippen LogP contribution >= 0.6 is 15.8 Å². The maximum atomic E-state index is 9.75. The van der Waals surface area contributed by atoms with Gasteiger partial charge in [0.2, 0.25) is 0 Å². The van der Waals surface area contributed by atoms with Crippen molar-refractivity contribution in [3.8, 4) is 0 Å². The van der Waals surface area contributed by atoms with Gasteiger partial charge in [-0.25, -0.2) is 0 Å². The topological polar surface area (TPSA) is 0 Å². The fraction of sp³-hybridized carbons (Fsp3) is 0.882. The van der Waals surface area contributed by atoms with E-state index in [1.165, 1.54) is 88.4 Å². The predicted octanol–water partition coefficient (Wildman–Crippen LogP) is 13.5. The first-order valence-electron chi connectivity index (χ1n) is 17.4. The summed E-state index contributed by atoms with van der Waals surface area (Å²) in [5, 5.41) is 0. The second-order valence-corrected chi connectivity index (χ2v) is 18.9. The van der Waals surface area contributed by atoms with E-state index in [2.05, 4.69) is 52.0 Å². The van der Waals surface area contributed by atoms with Crippen molar-refractivity contribution in [2.75, 3.05) is 0 Å². The molecule has 2 saturated carbocycles. The van der Waals surface area contributed by atoms with Crippen LogP contribution in [0.25, 0.3) is 0 Å². The van der Waals surface area contributed by atoms with Crippen LogP contribution < -0.4 is 0 Å². The summed E-state index contributed by atoms with van der Waals surface area (Å²) in [4.78, 5) is 0. The molecule has 0 bridgehead atoms. The second-order valence-electron chi connectivity index (χ2n) is 12.8. The molecule has 2 saturated heterocycles. The first-order chi connectivity index (χ1) is 19.7. The Morgan fingerprint density at radius 3 is 0.884 bits per heavy atom. The van der Waals surface area contributed by atoms with Crippen LogP contribution in [-0.2, 0) is 36.5 Å². The molecule has 4 fully saturated rings. The Bertz CT molecular complexity index is 634. The monoisotopic (exact) mass is 778 g/mol. The fourth-order valence-corrected chi connectivity index (χ4v) is 17.1. The molecule has 0 nitrogen and oxygen atoms in total. The maximum Gasteiger partial charge on any atom is 0.673 e. The molecule has 9 heteroatoms. The van der Waals surface area contributed by atoms with Crippen molar-refractivity contribution in [1.29, 1.82) is 0 Å². The summed E-state index contributed by atoms with van der Waals surface area (Å²) in [6.07, 6.45) is 38.6. The average molecular weight is 778 g/mol. The first-order valence-corrected chi connectivity index (χ1v) is 20.5. The van der Waals surface area contributed by atoms with Crippen molar-refractivity contribution in [2.24, 2.45) is 0 Å². The normalized spacial score (nSPS) is 29.0. The second kappa shape index (κ2) is 25.3. The zero-order valence-electron chi connectivity index (χ0n) is 27.6. The van der Waals surface area contributed by atoms with E-state index in [0.717, 1.165) is 22.6 Å². The van der Waals surface area contributed by atoms with E-state index in [9.17, 15) is 17.3 Å². The molecular formula is C34H62BF4FeP2Rh-. The molecule has 0 aromatic heterocycles. The molecule has 0 unspecified atom stereocenters. The van der Waals surface area contributed by atoms with E-state index in [-0.39, 0.29) is 36.5 Å². The maximum absolute atomic E-state index is 9.75. The van der Waals surface area contributed by atoms with Crippen LogP contribution in [0.4, 0.5) is 17.3 Å². The Morgan fingerprint density at radius 2 is 0.698 bits per heavy atom. The zero-order valence-corrected chi connectivity index (χ0v) is 32.1. The number of hydrogen-bond donors (Lipinski definition) is 0. The Morgan fingerprint density at radius 1 is 0.488 bits per heavy atom. The van der Waals surface area contributed by atoms with Crippen molar-refractivity contribution in [2.45, 2.75) is 190 Å². The largest absolute Gasteiger partial charge is 0.673 e.